The van der Waals surface area contributed by atoms with Crippen LogP contribution in [-0.2, 0) is 9.47 Å². The van der Waals surface area contributed by atoms with Gasteiger partial charge in [0.1, 0.15) is 11.6 Å². The van der Waals surface area contributed by atoms with Gasteiger partial charge in [-0.15, -0.1) is 13.2 Å². The van der Waals surface area contributed by atoms with Gasteiger partial charge in [0.15, 0.2) is 0 Å². The number of rotatable bonds is 6. The molecule has 0 aliphatic carbocycles. The van der Waals surface area contributed by atoms with Crippen molar-refractivity contribution >= 4 is 11.8 Å². The first-order chi connectivity index (χ1) is 9.93. The van der Waals surface area contributed by atoms with E-state index in [4.69, 9.17) is 14.5 Å². The number of methoxy groups -OCH3 is 2. The van der Waals surface area contributed by atoms with Gasteiger partial charge in [0, 0.05) is 6.42 Å². The first-order valence-corrected chi connectivity index (χ1v) is 7.11. The Balaban J connectivity index is 3.31. The third kappa shape index (κ3) is 3.73. The fraction of sp³-hybridized carbons (Fsp3) is 0.625. The number of aliphatic hydroxyl groups is 1. The van der Waals surface area contributed by atoms with Crippen LogP contribution < -0.4 is 0 Å². The third-order valence-electron chi connectivity index (χ3n) is 3.57. The lowest BCUT2D eigenvalue weighted by Crippen LogP contribution is -2.48. The first kappa shape index (κ1) is 17.4. The van der Waals surface area contributed by atoms with Crippen molar-refractivity contribution in [2.75, 3.05) is 14.2 Å². The van der Waals surface area contributed by atoms with Gasteiger partial charge < -0.3 is 14.6 Å². The standard InChI is InChI=1S/C16H26N2O3/c1-7-9-16(10-12(19)8-2)15(21-6)17-13(11(3)4)14(18-16)20-5/h7-8,11-13,19H,1-2,9-10H2,3-6H3/t12-,13-,16+/m1/s1. The number of hydrogen-bond donors (Lipinski definition) is 1. The number of aliphatic imine (C=N–C) groups is 2. The largest absolute Gasteiger partial charge is 0.483 e. The van der Waals surface area contributed by atoms with Crippen LogP contribution in [0.3, 0.4) is 0 Å². The molecule has 1 aliphatic heterocycles. The molecule has 0 amide bonds. The van der Waals surface area contributed by atoms with E-state index in [1.807, 2.05) is 0 Å². The third-order valence-corrected chi connectivity index (χ3v) is 3.57. The Hall–Kier alpha value is -1.62. The van der Waals surface area contributed by atoms with Crippen LogP contribution in [0.5, 0.6) is 0 Å². The molecule has 0 aromatic heterocycles. The number of aliphatic hydroxyl groups excluding tert-OH is 1. The molecule has 0 radical (unpaired) electrons. The lowest BCUT2D eigenvalue weighted by molar-refractivity contribution is 0.179. The van der Waals surface area contributed by atoms with Crippen molar-refractivity contribution in [3.8, 4) is 0 Å². The van der Waals surface area contributed by atoms with Crippen molar-refractivity contribution in [1.29, 1.82) is 0 Å². The van der Waals surface area contributed by atoms with E-state index in [-0.39, 0.29) is 12.0 Å². The van der Waals surface area contributed by atoms with Crippen LogP contribution in [0.15, 0.2) is 35.3 Å². The lowest BCUT2D eigenvalue weighted by atomic mass is 9.86. The quantitative estimate of drug-likeness (QED) is 0.765. The topological polar surface area (TPSA) is 63.4 Å². The highest BCUT2D eigenvalue weighted by atomic mass is 16.5. The van der Waals surface area contributed by atoms with Gasteiger partial charge in [-0.2, -0.15) is 0 Å². The Morgan fingerprint density at radius 3 is 2.43 bits per heavy atom. The van der Waals surface area contributed by atoms with E-state index in [1.54, 1.807) is 20.3 Å². The minimum Gasteiger partial charge on any atom is -0.483 e. The SMILES string of the molecule is C=CC[C@@]1(C[C@H](O)C=C)N=C(OC)[C@@H](C(C)C)N=C1OC. The molecule has 0 saturated carbocycles. The molecule has 5 nitrogen and oxygen atoms in total. The molecule has 0 aromatic carbocycles. The highest BCUT2D eigenvalue weighted by Gasteiger charge is 2.43. The summed E-state index contributed by atoms with van der Waals surface area (Å²) in [6.45, 7) is 11.5. The molecule has 118 valence electrons. The number of nitrogens with zero attached hydrogens (tertiary/aromatic N) is 2. The van der Waals surface area contributed by atoms with E-state index >= 15 is 0 Å². The maximum atomic E-state index is 9.98. The van der Waals surface area contributed by atoms with Crippen LogP contribution >= 0.6 is 0 Å². The van der Waals surface area contributed by atoms with Gasteiger partial charge in [0.05, 0.1) is 20.3 Å². The van der Waals surface area contributed by atoms with E-state index in [0.717, 1.165) is 0 Å². The molecular weight excluding hydrogens is 268 g/mol. The second-order valence-corrected chi connectivity index (χ2v) is 5.51. The molecule has 0 aromatic rings. The molecule has 0 saturated heterocycles. The van der Waals surface area contributed by atoms with E-state index in [0.29, 0.717) is 24.6 Å². The molecule has 5 heteroatoms. The monoisotopic (exact) mass is 294 g/mol. The predicted molar refractivity (Wildman–Crippen MR) is 85.9 cm³/mol. The summed E-state index contributed by atoms with van der Waals surface area (Å²) >= 11 is 0. The normalized spacial score (nSPS) is 26.7. The van der Waals surface area contributed by atoms with Crippen LogP contribution in [0.4, 0.5) is 0 Å². The van der Waals surface area contributed by atoms with Crippen LogP contribution in [0.25, 0.3) is 0 Å². The van der Waals surface area contributed by atoms with Crippen LogP contribution in [0, 0.1) is 5.92 Å². The van der Waals surface area contributed by atoms with Crippen molar-refractivity contribution in [1.82, 2.24) is 0 Å². The molecule has 1 aliphatic rings. The van der Waals surface area contributed by atoms with Crippen molar-refractivity contribution in [3.63, 3.8) is 0 Å². The zero-order chi connectivity index (χ0) is 16.0. The minimum absolute atomic E-state index is 0.177. The van der Waals surface area contributed by atoms with Gasteiger partial charge in [-0.1, -0.05) is 26.0 Å². The highest BCUT2D eigenvalue weighted by molar-refractivity contribution is 5.97. The van der Waals surface area contributed by atoms with Crippen LogP contribution in [0.2, 0.25) is 0 Å². The van der Waals surface area contributed by atoms with Gasteiger partial charge in [-0.3, -0.25) is 0 Å². The zero-order valence-electron chi connectivity index (χ0n) is 13.4. The molecular formula is C16H26N2O3. The summed E-state index contributed by atoms with van der Waals surface area (Å²) in [4.78, 5) is 9.38. The molecule has 21 heavy (non-hydrogen) atoms. The molecule has 0 bridgehead atoms. The average Bonchev–Trinajstić information content (AvgIpc) is 2.46. The summed E-state index contributed by atoms with van der Waals surface area (Å²) in [6, 6.07) is -0.177. The fourth-order valence-corrected chi connectivity index (χ4v) is 2.49. The Bertz CT molecular complexity index is 443. The molecule has 1 rings (SSSR count). The summed E-state index contributed by atoms with van der Waals surface area (Å²) in [7, 11) is 3.16. The number of ether oxygens (including phenoxy) is 2. The Morgan fingerprint density at radius 2 is 2.00 bits per heavy atom. The first-order valence-electron chi connectivity index (χ1n) is 7.11. The second kappa shape index (κ2) is 7.41. The summed E-state index contributed by atoms with van der Waals surface area (Å²) in [5.41, 5.74) is -0.791. The van der Waals surface area contributed by atoms with Gasteiger partial charge >= 0.3 is 0 Å². The molecule has 1 N–H and O–H groups in total. The number of hydrogen-bond acceptors (Lipinski definition) is 5. The van der Waals surface area contributed by atoms with E-state index in [2.05, 4.69) is 32.0 Å². The summed E-state index contributed by atoms with van der Waals surface area (Å²) in [5, 5.41) is 9.98. The van der Waals surface area contributed by atoms with Crippen LogP contribution in [-0.4, -0.2) is 48.8 Å². The summed E-state index contributed by atoms with van der Waals surface area (Å²) in [5.74, 6) is 1.30. The second-order valence-electron chi connectivity index (χ2n) is 5.51. The molecule has 0 spiro atoms. The Kier molecular flexibility index (Phi) is 6.15. The van der Waals surface area contributed by atoms with E-state index in [1.165, 1.54) is 6.08 Å². The average molecular weight is 294 g/mol. The lowest BCUT2D eigenvalue weighted by Gasteiger charge is -2.36. The maximum Gasteiger partial charge on any atom is 0.213 e. The minimum atomic E-state index is -0.791. The Labute approximate surface area is 127 Å². The zero-order valence-corrected chi connectivity index (χ0v) is 13.4. The van der Waals surface area contributed by atoms with Gasteiger partial charge in [0.2, 0.25) is 11.8 Å². The molecule has 0 unspecified atom stereocenters. The van der Waals surface area contributed by atoms with Gasteiger partial charge in [-0.25, -0.2) is 9.98 Å². The smallest absolute Gasteiger partial charge is 0.213 e. The van der Waals surface area contributed by atoms with Crippen molar-refractivity contribution in [3.05, 3.63) is 25.3 Å². The summed E-state index contributed by atoms with van der Waals surface area (Å²) < 4.78 is 10.9. The van der Waals surface area contributed by atoms with Crippen LogP contribution in [0.1, 0.15) is 26.7 Å². The fourth-order valence-electron chi connectivity index (χ4n) is 2.49. The van der Waals surface area contributed by atoms with Gasteiger partial charge in [-0.05, 0) is 12.3 Å². The highest BCUT2D eigenvalue weighted by Crippen LogP contribution is 2.32. The Morgan fingerprint density at radius 1 is 1.33 bits per heavy atom. The van der Waals surface area contributed by atoms with Gasteiger partial charge in [0.25, 0.3) is 0 Å². The van der Waals surface area contributed by atoms with Crippen molar-refractivity contribution < 1.29 is 14.6 Å². The van der Waals surface area contributed by atoms with E-state index in [9.17, 15) is 5.11 Å². The summed E-state index contributed by atoms with van der Waals surface area (Å²) in [6.07, 6.45) is 3.35. The van der Waals surface area contributed by atoms with E-state index < -0.39 is 11.6 Å². The van der Waals surface area contributed by atoms with Crippen molar-refractivity contribution in [2.24, 2.45) is 15.9 Å². The maximum absolute atomic E-state index is 9.98. The van der Waals surface area contributed by atoms with Crippen molar-refractivity contribution in [2.45, 2.75) is 44.4 Å². The molecule has 3 atom stereocenters. The predicted octanol–water partition coefficient (Wildman–Crippen LogP) is 2.37. The molecule has 1 heterocycles. The molecule has 0 fully saturated rings.